The summed E-state index contributed by atoms with van der Waals surface area (Å²) in [4.78, 5) is 27.2. The monoisotopic (exact) mass is 417 g/mol. The van der Waals surface area contributed by atoms with E-state index in [0.29, 0.717) is 22.7 Å². The predicted molar refractivity (Wildman–Crippen MR) is 116 cm³/mol. The van der Waals surface area contributed by atoms with Crippen molar-refractivity contribution in [2.24, 2.45) is 0 Å². The number of aromatic nitrogens is 1. The number of ether oxygens (including phenoxy) is 1. The predicted octanol–water partition coefficient (Wildman–Crippen LogP) is 5.04. The van der Waals surface area contributed by atoms with Crippen LogP contribution in [-0.2, 0) is 4.79 Å². The second kappa shape index (κ2) is 8.27. The van der Waals surface area contributed by atoms with Gasteiger partial charge in [0, 0.05) is 17.3 Å². The number of hydrogen-bond acceptors (Lipinski definition) is 6. The van der Waals surface area contributed by atoms with Crippen LogP contribution in [0, 0.1) is 24.0 Å². The van der Waals surface area contributed by atoms with E-state index in [9.17, 15) is 14.9 Å². The number of rotatable bonds is 6. The molecule has 1 aromatic heterocycles. The lowest BCUT2D eigenvalue weighted by molar-refractivity contribution is -0.385. The molecule has 0 radical (unpaired) electrons. The summed E-state index contributed by atoms with van der Waals surface area (Å²) in [7, 11) is 0. The molecule has 1 N–H and O–H groups in total. The van der Waals surface area contributed by atoms with E-state index in [2.05, 4.69) is 10.3 Å². The largest absolute Gasteiger partial charge is 0.477 e. The minimum Gasteiger partial charge on any atom is -0.477 e. The molecule has 8 nitrogen and oxygen atoms in total. The van der Waals surface area contributed by atoms with Crippen LogP contribution in [0.15, 0.2) is 65.1 Å². The number of nitro benzene ring substituents is 1. The molecular weight excluding hydrogens is 398 g/mol. The second-order valence-corrected chi connectivity index (χ2v) is 7.06. The van der Waals surface area contributed by atoms with E-state index in [0.717, 1.165) is 11.1 Å². The van der Waals surface area contributed by atoms with Gasteiger partial charge in [-0.05, 0) is 61.4 Å². The van der Waals surface area contributed by atoms with Crippen molar-refractivity contribution >= 4 is 28.4 Å². The third kappa shape index (κ3) is 4.37. The number of fused-ring (bicyclic) bond motifs is 1. The second-order valence-electron chi connectivity index (χ2n) is 7.06. The number of hydrogen-bond donors (Lipinski definition) is 1. The molecule has 4 aromatic rings. The van der Waals surface area contributed by atoms with Crippen LogP contribution in [0.1, 0.15) is 11.1 Å². The number of benzene rings is 3. The summed E-state index contributed by atoms with van der Waals surface area (Å²) in [5.41, 5.74) is 4.73. The molecule has 31 heavy (non-hydrogen) atoms. The standard InChI is InChI=1S/C23H19N3O5/c1-14-7-8-16(11-15(14)2)23-25-18-12-17(9-10-20(18)31-23)24-22(27)13-30-21-6-4-3-5-19(21)26(28)29/h3-12H,13H2,1-2H3,(H,24,27). The molecule has 3 aromatic carbocycles. The zero-order valence-corrected chi connectivity index (χ0v) is 16.9. The number of nitrogens with zero attached hydrogens (tertiary/aromatic N) is 2. The van der Waals surface area contributed by atoms with Crippen LogP contribution >= 0.6 is 0 Å². The topological polar surface area (TPSA) is 108 Å². The SMILES string of the molecule is Cc1ccc(-c2nc3cc(NC(=O)COc4ccccc4[N+](=O)[O-])ccc3o2)cc1C. The molecule has 0 atom stereocenters. The van der Waals surface area contributed by atoms with Crippen molar-refractivity contribution in [1.29, 1.82) is 0 Å². The van der Waals surface area contributed by atoms with Crippen molar-refractivity contribution in [3.05, 3.63) is 81.9 Å². The first-order chi connectivity index (χ1) is 14.9. The Hall–Kier alpha value is -4.20. The molecule has 0 fully saturated rings. The number of oxazole rings is 1. The van der Waals surface area contributed by atoms with Crippen LogP contribution in [0.3, 0.4) is 0 Å². The van der Waals surface area contributed by atoms with Gasteiger partial charge in [0.1, 0.15) is 5.52 Å². The number of carbonyl (C=O) groups excluding carboxylic acids is 1. The molecule has 4 rings (SSSR count). The normalized spacial score (nSPS) is 10.8. The third-order valence-electron chi connectivity index (χ3n) is 4.85. The fraction of sp³-hybridized carbons (Fsp3) is 0.130. The first-order valence-corrected chi connectivity index (χ1v) is 9.55. The van der Waals surface area contributed by atoms with E-state index < -0.39 is 10.8 Å². The highest BCUT2D eigenvalue weighted by Gasteiger charge is 2.15. The number of amides is 1. The molecule has 1 amide bonds. The summed E-state index contributed by atoms with van der Waals surface area (Å²) in [6.07, 6.45) is 0. The van der Waals surface area contributed by atoms with Gasteiger partial charge >= 0.3 is 5.69 Å². The summed E-state index contributed by atoms with van der Waals surface area (Å²) in [5, 5.41) is 13.7. The van der Waals surface area contributed by atoms with Crippen molar-refractivity contribution in [3.63, 3.8) is 0 Å². The van der Waals surface area contributed by atoms with Gasteiger partial charge in [-0.1, -0.05) is 18.2 Å². The molecular formula is C23H19N3O5. The van der Waals surface area contributed by atoms with Crippen LogP contribution in [0.4, 0.5) is 11.4 Å². The van der Waals surface area contributed by atoms with Crippen molar-refractivity contribution in [2.75, 3.05) is 11.9 Å². The van der Waals surface area contributed by atoms with Gasteiger partial charge in [-0.2, -0.15) is 0 Å². The summed E-state index contributed by atoms with van der Waals surface area (Å²) >= 11 is 0. The summed E-state index contributed by atoms with van der Waals surface area (Å²) in [6, 6.07) is 17.0. The first-order valence-electron chi connectivity index (χ1n) is 9.55. The minimum absolute atomic E-state index is 0.0348. The molecule has 8 heteroatoms. The molecule has 0 saturated carbocycles. The number of carbonyl (C=O) groups is 1. The first kappa shape index (κ1) is 20.1. The van der Waals surface area contributed by atoms with E-state index in [4.69, 9.17) is 9.15 Å². The molecule has 156 valence electrons. The van der Waals surface area contributed by atoms with Gasteiger partial charge in [-0.15, -0.1) is 0 Å². The number of nitrogens with one attached hydrogen (secondary N) is 1. The van der Waals surface area contributed by atoms with E-state index in [1.807, 2.05) is 32.0 Å². The van der Waals surface area contributed by atoms with Crippen molar-refractivity contribution in [3.8, 4) is 17.2 Å². The molecule has 0 aliphatic carbocycles. The van der Waals surface area contributed by atoms with Gasteiger partial charge in [0.2, 0.25) is 5.89 Å². The quantitative estimate of drug-likeness (QED) is 0.348. The average molecular weight is 417 g/mol. The molecule has 0 spiro atoms. The highest BCUT2D eigenvalue weighted by Crippen LogP contribution is 2.28. The summed E-state index contributed by atoms with van der Waals surface area (Å²) in [6.45, 7) is 3.71. The molecule has 0 unspecified atom stereocenters. The highest BCUT2D eigenvalue weighted by atomic mass is 16.6. The molecule has 1 heterocycles. The van der Waals surface area contributed by atoms with Crippen LogP contribution < -0.4 is 10.1 Å². The Bertz CT molecular complexity index is 1300. The van der Waals surface area contributed by atoms with Gasteiger partial charge in [0.05, 0.1) is 4.92 Å². The van der Waals surface area contributed by atoms with Gasteiger partial charge in [-0.3, -0.25) is 14.9 Å². The summed E-state index contributed by atoms with van der Waals surface area (Å²) in [5.74, 6) is 0.0873. The Balaban J connectivity index is 1.47. The maximum absolute atomic E-state index is 12.2. The van der Waals surface area contributed by atoms with Gasteiger partial charge in [-0.25, -0.2) is 4.98 Å². The molecule has 0 bridgehead atoms. The van der Waals surface area contributed by atoms with E-state index in [1.54, 1.807) is 24.3 Å². The number of aryl methyl sites for hydroxylation is 2. The molecule has 0 aliphatic heterocycles. The lowest BCUT2D eigenvalue weighted by Gasteiger charge is -2.07. The van der Waals surface area contributed by atoms with E-state index in [-0.39, 0.29) is 18.0 Å². The Labute approximate surface area is 177 Å². The van der Waals surface area contributed by atoms with Gasteiger partial charge in [0.15, 0.2) is 17.9 Å². The van der Waals surface area contributed by atoms with Crippen LogP contribution in [-0.4, -0.2) is 22.4 Å². The molecule has 0 saturated heterocycles. The van der Waals surface area contributed by atoms with Crippen molar-refractivity contribution in [1.82, 2.24) is 4.98 Å². The summed E-state index contributed by atoms with van der Waals surface area (Å²) < 4.78 is 11.2. The van der Waals surface area contributed by atoms with Crippen LogP contribution in [0.25, 0.3) is 22.6 Å². The average Bonchev–Trinajstić information content (AvgIpc) is 3.17. The van der Waals surface area contributed by atoms with Crippen molar-refractivity contribution < 1.29 is 18.9 Å². The zero-order valence-electron chi connectivity index (χ0n) is 16.9. The van der Waals surface area contributed by atoms with Gasteiger partial charge < -0.3 is 14.5 Å². The Kier molecular flexibility index (Phi) is 5.36. The van der Waals surface area contributed by atoms with E-state index in [1.165, 1.54) is 23.8 Å². The Morgan fingerprint density at radius 3 is 2.68 bits per heavy atom. The number of nitro groups is 1. The Morgan fingerprint density at radius 1 is 1.10 bits per heavy atom. The third-order valence-corrected chi connectivity index (χ3v) is 4.85. The smallest absolute Gasteiger partial charge is 0.310 e. The minimum atomic E-state index is -0.557. The lowest BCUT2D eigenvalue weighted by Crippen LogP contribution is -2.20. The van der Waals surface area contributed by atoms with Crippen molar-refractivity contribution in [2.45, 2.75) is 13.8 Å². The van der Waals surface area contributed by atoms with Gasteiger partial charge in [0.25, 0.3) is 5.91 Å². The molecule has 0 aliphatic rings. The Morgan fingerprint density at radius 2 is 1.90 bits per heavy atom. The fourth-order valence-electron chi connectivity index (χ4n) is 3.07. The fourth-order valence-corrected chi connectivity index (χ4v) is 3.07. The van der Waals surface area contributed by atoms with Crippen LogP contribution in [0.5, 0.6) is 5.75 Å². The van der Waals surface area contributed by atoms with E-state index >= 15 is 0 Å². The zero-order chi connectivity index (χ0) is 22.0. The maximum atomic E-state index is 12.2. The lowest BCUT2D eigenvalue weighted by atomic mass is 10.1. The van der Waals surface area contributed by atoms with Crippen LogP contribution in [0.2, 0.25) is 0 Å². The number of para-hydroxylation sites is 2. The number of anilines is 1. The maximum Gasteiger partial charge on any atom is 0.310 e. The highest BCUT2D eigenvalue weighted by molar-refractivity contribution is 5.94.